The van der Waals surface area contributed by atoms with E-state index >= 15 is 0 Å². The minimum Gasteiger partial charge on any atom is -0.313 e. The van der Waals surface area contributed by atoms with E-state index in [1.54, 1.807) is 18.3 Å². The molecule has 1 unspecified atom stereocenters. The fraction of sp³-hybridized carbons (Fsp3) is 0.381. The Kier molecular flexibility index (Phi) is 4.87. The zero-order valence-electron chi connectivity index (χ0n) is 16.7. The Balaban J connectivity index is 1.36. The Hall–Kier alpha value is -3.37. The van der Waals surface area contributed by atoms with Gasteiger partial charge in [-0.15, -0.1) is 0 Å². The van der Waals surface area contributed by atoms with Crippen molar-refractivity contribution in [3.63, 3.8) is 0 Å². The van der Waals surface area contributed by atoms with Crippen molar-refractivity contribution in [1.29, 1.82) is 0 Å². The average Bonchev–Trinajstić information content (AvgIpc) is 3.48. The van der Waals surface area contributed by atoms with Crippen LogP contribution in [0.2, 0.25) is 0 Å². The van der Waals surface area contributed by atoms with Crippen LogP contribution in [0.15, 0.2) is 36.7 Å². The lowest BCUT2D eigenvalue weighted by atomic mass is 10.0. The molecule has 2 fully saturated rings. The van der Waals surface area contributed by atoms with E-state index in [2.05, 4.69) is 21.0 Å². The van der Waals surface area contributed by atoms with Gasteiger partial charge in [0.25, 0.3) is 11.8 Å². The maximum absolute atomic E-state index is 13.2. The Morgan fingerprint density at radius 2 is 1.97 bits per heavy atom. The van der Waals surface area contributed by atoms with Crippen molar-refractivity contribution < 1.29 is 19.2 Å². The minimum atomic E-state index is -0.964. The van der Waals surface area contributed by atoms with Gasteiger partial charge in [0.1, 0.15) is 6.04 Å². The van der Waals surface area contributed by atoms with Gasteiger partial charge in [-0.25, -0.2) is 0 Å². The molecule has 4 amide bonds. The number of amides is 4. The van der Waals surface area contributed by atoms with E-state index in [1.165, 1.54) is 0 Å². The van der Waals surface area contributed by atoms with Crippen LogP contribution in [0.4, 0.5) is 0 Å². The molecule has 3 N–H and O–H groups in total. The Morgan fingerprint density at radius 1 is 1.10 bits per heavy atom. The fourth-order valence-electron chi connectivity index (χ4n) is 4.60. The van der Waals surface area contributed by atoms with Crippen molar-refractivity contribution >= 4 is 23.6 Å². The first kappa shape index (κ1) is 19.6. The van der Waals surface area contributed by atoms with Crippen molar-refractivity contribution in [2.75, 3.05) is 13.1 Å². The number of piperidine rings is 1. The molecular weight excluding hydrogens is 400 g/mol. The highest BCUT2D eigenvalue weighted by atomic mass is 16.2. The molecule has 0 radical (unpaired) electrons. The van der Waals surface area contributed by atoms with Crippen LogP contribution in [0.25, 0.3) is 0 Å². The van der Waals surface area contributed by atoms with Crippen LogP contribution < -0.4 is 16.0 Å². The van der Waals surface area contributed by atoms with E-state index in [9.17, 15) is 19.2 Å². The van der Waals surface area contributed by atoms with E-state index in [4.69, 9.17) is 0 Å². The van der Waals surface area contributed by atoms with Crippen molar-refractivity contribution in [1.82, 2.24) is 30.6 Å². The molecule has 3 aliphatic rings. The molecule has 160 valence electrons. The summed E-state index contributed by atoms with van der Waals surface area (Å²) in [5.41, 5.74) is 1.32. The second-order valence-electron chi connectivity index (χ2n) is 7.99. The van der Waals surface area contributed by atoms with Gasteiger partial charge >= 0.3 is 0 Å². The van der Waals surface area contributed by atoms with Crippen LogP contribution in [-0.2, 0) is 16.1 Å². The van der Waals surface area contributed by atoms with Crippen molar-refractivity contribution in [2.24, 2.45) is 0 Å². The Bertz CT molecular complexity index is 1070. The van der Waals surface area contributed by atoms with Crippen molar-refractivity contribution in [3.05, 3.63) is 53.3 Å². The third kappa shape index (κ3) is 3.33. The summed E-state index contributed by atoms with van der Waals surface area (Å²) in [4.78, 5) is 50.9. The first-order chi connectivity index (χ1) is 15.0. The van der Waals surface area contributed by atoms with Gasteiger partial charge < -0.3 is 10.6 Å². The lowest BCUT2D eigenvalue weighted by molar-refractivity contribution is -0.136. The zero-order chi connectivity index (χ0) is 21.5. The molecule has 10 nitrogen and oxygen atoms in total. The van der Waals surface area contributed by atoms with Crippen LogP contribution in [0.1, 0.15) is 45.2 Å². The molecule has 1 aromatic carbocycles. The number of fused-ring (bicyclic) bond motifs is 1. The van der Waals surface area contributed by atoms with Crippen LogP contribution in [0, 0.1) is 0 Å². The van der Waals surface area contributed by atoms with Crippen LogP contribution >= 0.6 is 0 Å². The third-order valence-corrected chi connectivity index (χ3v) is 6.16. The largest absolute Gasteiger partial charge is 0.313 e. The molecule has 1 aromatic heterocycles. The first-order valence-corrected chi connectivity index (χ1v) is 10.3. The van der Waals surface area contributed by atoms with E-state index in [0.29, 0.717) is 23.2 Å². The van der Waals surface area contributed by atoms with E-state index < -0.39 is 23.8 Å². The number of nitrogens with one attached hydrogen (secondary N) is 3. The summed E-state index contributed by atoms with van der Waals surface area (Å²) in [6.07, 6.45) is 3.91. The summed E-state index contributed by atoms with van der Waals surface area (Å²) in [5.74, 6) is -1.97. The average molecular weight is 422 g/mol. The maximum atomic E-state index is 13.2. The van der Waals surface area contributed by atoms with Gasteiger partial charge in [0.05, 0.1) is 17.2 Å². The number of nitrogens with zero attached hydrogens (tertiary/aromatic N) is 3. The molecule has 0 bridgehead atoms. The topological polar surface area (TPSA) is 125 Å². The molecule has 5 rings (SSSR count). The third-order valence-electron chi connectivity index (χ3n) is 6.16. The maximum Gasteiger partial charge on any atom is 0.262 e. The predicted octanol–water partition coefficient (Wildman–Crippen LogP) is -0.413. The molecule has 31 heavy (non-hydrogen) atoms. The minimum absolute atomic E-state index is 0.0989. The number of rotatable bonds is 5. The van der Waals surface area contributed by atoms with Gasteiger partial charge in [-0.05, 0) is 24.1 Å². The SMILES string of the molecule is O=C1CCC(N2C(=O)c3cccc(CN[C@@H]4CNC[C@@H]4n4cccn4)c3C2=O)C(=O)N1. The quantitative estimate of drug-likeness (QED) is 0.559. The van der Waals surface area contributed by atoms with Crippen LogP contribution in [0.5, 0.6) is 0 Å². The second-order valence-corrected chi connectivity index (χ2v) is 7.99. The number of carbonyl (C=O) groups is 4. The number of hydrogen-bond donors (Lipinski definition) is 3. The van der Waals surface area contributed by atoms with Crippen LogP contribution in [-0.4, -0.2) is 63.5 Å². The molecule has 4 heterocycles. The summed E-state index contributed by atoms with van der Waals surface area (Å²) >= 11 is 0. The molecule has 0 aliphatic carbocycles. The van der Waals surface area contributed by atoms with Gasteiger partial charge in [-0.2, -0.15) is 5.10 Å². The molecule has 0 saturated carbocycles. The highest BCUT2D eigenvalue weighted by molar-refractivity contribution is 6.24. The predicted molar refractivity (Wildman–Crippen MR) is 108 cm³/mol. The Morgan fingerprint density at radius 3 is 2.74 bits per heavy atom. The van der Waals surface area contributed by atoms with Crippen molar-refractivity contribution in [3.8, 4) is 0 Å². The summed E-state index contributed by atoms with van der Waals surface area (Å²) in [7, 11) is 0. The zero-order valence-corrected chi connectivity index (χ0v) is 16.7. The molecule has 0 spiro atoms. The Labute approximate surface area is 178 Å². The lowest BCUT2D eigenvalue weighted by Gasteiger charge is -2.27. The van der Waals surface area contributed by atoms with E-state index in [-0.39, 0.29) is 30.8 Å². The van der Waals surface area contributed by atoms with Gasteiger partial charge in [0.15, 0.2) is 0 Å². The number of imide groups is 2. The van der Waals surface area contributed by atoms with Gasteiger partial charge in [-0.1, -0.05) is 12.1 Å². The normalized spacial score (nSPS) is 25.8. The van der Waals surface area contributed by atoms with E-state index in [1.807, 2.05) is 23.0 Å². The summed E-state index contributed by atoms with van der Waals surface area (Å²) in [6.45, 7) is 1.94. The molecule has 2 saturated heterocycles. The van der Waals surface area contributed by atoms with Crippen molar-refractivity contribution in [2.45, 2.75) is 37.5 Å². The molecule has 3 aliphatic heterocycles. The standard InChI is InChI=1S/C21H22N6O4/c28-17-6-5-15(19(29)25-17)27-20(30)13-4-1-3-12(18(13)21(27)31)9-23-14-10-22-11-16(14)26-8-2-7-24-26/h1-4,7-8,14-16,22-23H,5-6,9-11H2,(H,25,28,29)/t14-,15?,16+/m1/s1. The molecule has 2 aromatic rings. The molecular formula is C21H22N6O4. The van der Waals surface area contributed by atoms with Crippen LogP contribution in [0.3, 0.4) is 0 Å². The number of benzene rings is 1. The summed E-state index contributed by atoms with van der Waals surface area (Å²) in [6, 6.07) is 6.33. The summed E-state index contributed by atoms with van der Waals surface area (Å²) in [5, 5.41) is 13.4. The summed E-state index contributed by atoms with van der Waals surface area (Å²) < 4.78 is 1.91. The fourth-order valence-corrected chi connectivity index (χ4v) is 4.60. The highest BCUT2D eigenvalue weighted by Gasteiger charge is 2.45. The second kappa shape index (κ2) is 7.71. The molecule has 10 heteroatoms. The smallest absolute Gasteiger partial charge is 0.262 e. The monoisotopic (exact) mass is 422 g/mol. The van der Waals surface area contributed by atoms with Gasteiger partial charge in [-0.3, -0.25) is 34.1 Å². The van der Waals surface area contributed by atoms with E-state index in [0.717, 1.165) is 18.0 Å². The highest BCUT2D eigenvalue weighted by Crippen LogP contribution is 2.30. The van der Waals surface area contributed by atoms with Gasteiger partial charge in [0.2, 0.25) is 11.8 Å². The lowest BCUT2D eigenvalue weighted by Crippen LogP contribution is -2.54. The van der Waals surface area contributed by atoms with Gasteiger partial charge in [0, 0.05) is 44.5 Å². The first-order valence-electron chi connectivity index (χ1n) is 10.3. The number of hydrogen-bond acceptors (Lipinski definition) is 7. The number of aromatic nitrogens is 2. The number of carbonyl (C=O) groups excluding carboxylic acids is 4. The molecule has 3 atom stereocenters.